The van der Waals surface area contributed by atoms with Crippen LogP contribution in [-0.2, 0) is 68.4 Å². The van der Waals surface area contributed by atoms with E-state index >= 15 is 0 Å². The highest BCUT2D eigenvalue weighted by atomic mass is 32.1. The van der Waals surface area contributed by atoms with Crippen LogP contribution in [0.5, 0.6) is 0 Å². The molecule has 316 valence electrons. The number of likely N-dealkylation sites (tertiary alicyclic amines) is 1. The number of carbonyl (C=O) groups is 4. The lowest BCUT2D eigenvalue weighted by Crippen LogP contribution is -2.62. The summed E-state index contributed by atoms with van der Waals surface area (Å²) in [5, 5.41) is 12.9. The summed E-state index contributed by atoms with van der Waals surface area (Å²) in [7, 11) is 0. The van der Waals surface area contributed by atoms with E-state index in [4.69, 9.17) is 54.8 Å². The van der Waals surface area contributed by atoms with Crippen molar-refractivity contribution in [3.8, 4) is 0 Å². The number of benzene rings is 2. The summed E-state index contributed by atoms with van der Waals surface area (Å²) in [4.78, 5) is 51.1. The SMILES string of the molecule is CC(=O)OCC1OC(CC(=S)Nc2cccc(C3OC(CN4CCC5(CC4)OCCO5)CC(c4ccc(CO)cc4)O3)c2)C(OC(C)=O)C(OC(C)=O)C1OC(C)=O. The topological polar surface area (TPSA) is 187 Å². The molecule has 0 aliphatic carbocycles. The zero-order chi connectivity index (χ0) is 41.4. The van der Waals surface area contributed by atoms with Crippen LogP contribution in [0.1, 0.15) is 82.5 Å². The van der Waals surface area contributed by atoms with Gasteiger partial charge in [0, 0.05) is 84.3 Å². The summed E-state index contributed by atoms with van der Waals surface area (Å²) >= 11 is 5.79. The normalized spacial score (nSPS) is 28.3. The number of nitrogens with one attached hydrogen (secondary N) is 1. The first kappa shape index (κ1) is 43.5. The van der Waals surface area contributed by atoms with E-state index in [1.807, 2.05) is 48.5 Å². The molecule has 0 saturated carbocycles. The molecule has 4 saturated heterocycles. The summed E-state index contributed by atoms with van der Waals surface area (Å²) in [6.45, 7) is 7.90. The third kappa shape index (κ3) is 11.6. The number of anilines is 1. The van der Waals surface area contributed by atoms with Gasteiger partial charge in [-0.3, -0.25) is 19.2 Å². The number of nitrogens with zero attached hydrogens (tertiary/aromatic N) is 1. The summed E-state index contributed by atoms with van der Waals surface area (Å²) < 4.78 is 53.2. The van der Waals surface area contributed by atoms with Gasteiger partial charge in [-0.1, -0.05) is 48.6 Å². The van der Waals surface area contributed by atoms with Crippen molar-refractivity contribution in [1.29, 1.82) is 0 Å². The van der Waals surface area contributed by atoms with E-state index in [0.29, 0.717) is 31.9 Å². The van der Waals surface area contributed by atoms with E-state index in [2.05, 4.69) is 10.2 Å². The zero-order valence-corrected chi connectivity index (χ0v) is 33.9. The Hall–Kier alpha value is -4.07. The van der Waals surface area contributed by atoms with Gasteiger partial charge in [0.2, 0.25) is 0 Å². The molecule has 1 spiro atoms. The second kappa shape index (κ2) is 19.8. The first-order valence-electron chi connectivity index (χ1n) is 19.5. The van der Waals surface area contributed by atoms with Crippen molar-refractivity contribution in [3.05, 3.63) is 65.2 Å². The standard InChI is InChI=1S/C41H52N2O14S/c1-24(45)49-23-35-38(53-26(3)47)39(54-27(4)48)37(52-25(2)46)34(56-35)20-36(58)42-31-7-5-6-30(18-31)40-55-32(19-33(57-40)29-10-8-28(22-44)9-11-29)21-43-14-12-41(13-15-43)50-16-17-51-41/h5-11,18,32-35,37-40,44H,12-17,19-23H2,1-4H3,(H,42,58). The molecule has 6 rings (SSSR count). The molecule has 0 aromatic heterocycles. The van der Waals surface area contributed by atoms with Gasteiger partial charge in [-0.2, -0.15) is 0 Å². The number of hydrogen-bond donors (Lipinski definition) is 2. The fourth-order valence-electron chi connectivity index (χ4n) is 7.82. The van der Waals surface area contributed by atoms with Crippen LogP contribution in [0, 0.1) is 0 Å². The highest BCUT2D eigenvalue weighted by Crippen LogP contribution is 2.40. The van der Waals surface area contributed by atoms with Crippen LogP contribution in [0.4, 0.5) is 5.69 Å². The maximum atomic E-state index is 12.3. The monoisotopic (exact) mass is 828 g/mol. The Kier molecular flexibility index (Phi) is 14.8. The largest absolute Gasteiger partial charge is 0.463 e. The van der Waals surface area contributed by atoms with Gasteiger partial charge in [-0.25, -0.2) is 0 Å². The van der Waals surface area contributed by atoms with Gasteiger partial charge in [0.15, 0.2) is 30.4 Å². The van der Waals surface area contributed by atoms with E-state index in [9.17, 15) is 24.3 Å². The summed E-state index contributed by atoms with van der Waals surface area (Å²) in [5.41, 5.74) is 3.14. The molecule has 4 heterocycles. The Labute approximate surface area is 342 Å². The predicted octanol–water partition coefficient (Wildman–Crippen LogP) is 3.82. The minimum atomic E-state index is -1.30. The Balaban J connectivity index is 1.18. The molecule has 4 fully saturated rings. The highest BCUT2D eigenvalue weighted by Gasteiger charge is 2.52. The number of rotatable bonds is 13. The molecule has 4 aliphatic heterocycles. The van der Waals surface area contributed by atoms with Crippen LogP contribution in [0.2, 0.25) is 0 Å². The molecule has 2 aromatic rings. The molecular weight excluding hydrogens is 777 g/mol. The summed E-state index contributed by atoms with van der Waals surface area (Å²) in [6.07, 6.45) is -4.90. The minimum Gasteiger partial charge on any atom is -0.463 e. The van der Waals surface area contributed by atoms with Crippen molar-refractivity contribution < 1.29 is 66.9 Å². The fraction of sp³-hybridized carbons (Fsp3) is 0.585. The lowest BCUT2D eigenvalue weighted by atomic mass is 9.92. The number of ether oxygens (including phenoxy) is 9. The maximum absolute atomic E-state index is 12.3. The van der Waals surface area contributed by atoms with Crippen LogP contribution < -0.4 is 5.32 Å². The van der Waals surface area contributed by atoms with Gasteiger partial charge in [0.05, 0.1) is 37.0 Å². The Morgan fingerprint density at radius 1 is 0.810 bits per heavy atom. The van der Waals surface area contributed by atoms with Crippen LogP contribution in [-0.4, -0.2) is 121 Å². The number of aliphatic hydroxyl groups is 1. The van der Waals surface area contributed by atoms with Gasteiger partial charge in [-0.15, -0.1) is 0 Å². The molecule has 16 nitrogen and oxygen atoms in total. The molecule has 8 unspecified atom stereocenters. The van der Waals surface area contributed by atoms with Crippen molar-refractivity contribution in [1.82, 2.24) is 4.90 Å². The number of carbonyl (C=O) groups excluding carboxylic acids is 4. The molecule has 2 N–H and O–H groups in total. The first-order chi connectivity index (χ1) is 27.8. The van der Waals surface area contributed by atoms with E-state index < -0.39 is 66.5 Å². The molecule has 4 aliphatic rings. The van der Waals surface area contributed by atoms with Crippen molar-refractivity contribution in [2.75, 3.05) is 44.8 Å². The highest BCUT2D eigenvalue weighted by molar-refractivity contribution is 7.80. The average Bonchev–Trinajstić information content (AvgIpc) is 3.64. The van der Waals surface area contributed by atoms with Crippen molar-refractivity contribution in [3.63, 3.8) is 0 Å². The van der Waals surface area contributed by atoms with Gasteiger partial charge in [0.1, 0.15) is 18.8 Å². The zero-order valence-electron chi connectivity index (χ0n) is 33.1. The van der Waals surface area contributed by atoms with Crippen molar-refractivity contribution >= 4 is 46.8 Å². The van der Waals surface area contributed by atoms with E-state index in [1.165, 1.54) is 20.8 Å². The average molecular weight is 829 g/mol. The van der Waals surface area contributed by atoms with Crippen LogP contribution >= 0.6 is 12.2 Å². The number of hydrogen-bond acceptors (Lipinski definition) is 16. The smallest absolute Gasteiger partial charge is 0.303 e. The lowest BCUT2D eigenvalue weighted by molar-refractivity contribution is -0.255. The Morgan fingerprint density at radius 3 is 2.07 bits per heavy atom. The number of esters is 4. The molecule has 17 heteroatoms. The predicted molar refractivity (Wildman–Crippen MR) is 208 cm³/mol. The fourth-order valence-corrected chi connectivity index (χ4v) is 8.11. The maximum Gasteiger partial charge on any atom is 0.303 e. The Bertz CT molecular complexity index is 1760. The van der Waals surface area contributed by atoms with Crippen molar-refractivity contribution in [2.45, 2.75) is 115 Å². The van der Waals surface area contributed by atoms with Gasteiger partial charge in [-0.05, 0) is 23.3 Å². The number of thiocarbonyl (C=S) groups is 1. The molecule has 8 atom stereocenters. The quantitative estimate of drug-likeness (QED) is 0.168. The molecule has 0 bridgehead atoms. The summed E-state index contributed by atoms with van der Waals surface area (Å²) in [6, 6.07) is 15.2. The van der Waals surface area contributed by atoms with Gasteiger partial charge >= 0.3 is 23.9 Å². The molecule has 58 heavy (non-hydrogen) atoms. The van der Waals surface area contributed by atoms with E-state index in [-0.39, 0.29) is 36.8 Å². The molecule has 0 amide bonds. The third-order valence-corrected chi connectivity index (χ3v) is 10.7. The molecule has 2 aromatic carbocycles. The molecular formula is C41H52N2O14S. The number of piperidine rings is 1. The lowest BCUT2D eigenvalue weighted by Gasteiger charge is -2.44. The van der Waals surface area contributed by atoms with Crippen LogP contribution in [0.25, 0.3) is 0 Å². The second-order valence-corrected chi connectivity index (χ2v) is 15.4. The molecule has 0 radical (unpaired) electrons. The summed E-state index contributed by atoms with van der Waals surface area (Å²) in [5.74, 6) is -3.22. The van der Waals surface area contributed by atoms with E-state index in [0.717, 1.165) is 49.5 Å². The minimum absolute atomic E-state index is 0.0315. The van der Waals surface area contributed by atoms with E-state index in [1.54, 1.807) is 0 Å². The second-order valence-electron chi connectivity index (χ2n) is 14.9. The van der Waals surface area contributed by atoms with Gasteiger partial charge in [0.25, 0.3) is 0 Å². The van der Waals surface area contributed by atoms with Gasteiger partial charge < -0.3 is 58.0 Å². The van der Waals surface area contributed by atoms with Crippen molar-refractivity contribution in [2.24, 2.45) is 0 Å². The van der Waals surface area contributed by atoms with Crippen LogP contribution in [0.15, 0.2) is 48.5 Å². The third-order valence-electron chi connectivity index (χ3n) is 10.4. The number of aliphatic hydroxyl groups excluding tert-OH is 1. The first-order valence-corrected chi connectivity index (χ1v) is 19.9. The van der Waals surface area contributed by atoms with Crippen LogP contribution in [0.3, 0.4) is 0 Å². The Morgan fingerprint density at radius 2 is 1.45 bits per heavy atom.